The molecule has 2 rings (SSSR count). The number of likely N-dealkylation sites (tertiary alicyclic amines) is 1. The average Bonchev–Trinajstić information content (AvgIpc) is 2.63. The third kappa shape index (κ3) is 3.56. The molecule has 0 aliphatic carbocycles. The van der Waals surface area contributed by atoms with Gasteiger partial charge in [0.25, 0.3) is 0 Å². The maximum Gasteiger partial charge on any atom is 0.217 e. The molecule has 0 spiro atoms. The van der Waals surface area contributed by atoms with E-state index in [9.17, 15) is 4.79 Å². The second kappa shape index (κ2) is 5.31. The number of oxazole rings is 1. The van der Waals surface area contributed by atoms with Gasteiger partial charge in [-0.2, -0.15) is 0 Å². The first-order chi connectivity index (χ1) is 8.13. The number of aromatic nitrogens is 1. The van der Waals surface area contributed by atoms with Crippen molar-refractivity contribution < 1.29 is 9.21 Å². The minimum atomic E-state index is 0.0501. The Morgan fingerprint density at radius 1 is 1.71 bits per heavy atom. The molecule has 1 aromatic rings. The lowest BCUT2D eigenvalue weighted by atomic mass is 10.1. The molecule has 1 atom stereocenters. The highest BCUT2D eigenvalue weighted by Gasteiger charge is 2.21. The summed E-state index contributed by atoms with van der Waals surface area (Å²) in [5.41, 5.74) is 0.964. The number of rotatable bonds is 3. The number of nitrogens with one attached hydrogen (secondary N) is 1. The van der Waals surface area contributed by atoms with E-state index in [0.29, 0.717) is 5.89 Å². The van der Waals surface area contributed by atoms with E-state index < -0.39 is 0 Å². The SMILES string of the molecule is CC(=O)NC1CCCN(Cc2coc(C)n2)C1. The molecule has 1 saturated heterocycles. The minimum absolute atomic E-state index is 0.0501. The van der Waals surface area contributed by atoms with Crippen molar-refractivity contribution in [3.05, 3.63) is 17.8 Å². The van der Waals surface area contributed by atoms with E-state index in [-0.39, 0.29) is 11.9 Å². The predicted molar refractivity (Wildman–Crippen MR) is 63.4 cm³/mol. The maximum absolute atomic E-state index is 11.0. The number of aryl methyl sites for hydroxylation is 1. The largest absolute Gasteiger partial charge is 0.449 e. The Balaban J connectivity index is 1.87. The van der Waals surface area contributed by atoms with Gasteiger partial charge in [-0.1, -0.05) is 0 Å². The van der Waals surface area contributed by atoms with Crippen LogP contribution in [-0.2, 0) is 11.3 Å². The van der Waals surface area contributed by atoms with Crippen LogP contribution in [-0.4, -0.2) is 34.9 Å². The van der Waals surface area contributed by atoms with Gasteiger partial charge < -0.3 is 9.73 Å². The van der Waals surface area contributed by atoms with E-state index in [1.54, 1.807) is 13.2 Å². The second-order valence-electron chi connectivity index (χ2n) is 4.63. The van der Waals surface area contributed by atoms with E-state index in [0.717, 1.165) is 38.2 Å². The molecule has 1 aliphatic rings. The highest BCUT2D eigenvalue weighted by Crippen LogP contribution is 2.13. The van der Waals surface area contributed by atoms with E-state index in [1.165, 1.54) is 0 Å². The van der Waals surface area contributed by atoms with E-state index in [2.05, 4.69) is 15.2 Å². The van der Waals surface area contributed by atoms with E-state index in [1.807, 2.05) is 6.92 Å². The van der Waals surface area contributed by atoms with E-state index >= 15 is 0 Å². The monoisotopic (exact) mass is 237 g/mol. The summed E-state index contributed by atoms with van der Waals surface area (Å²) in [5.74, 6) is 0.754. The third-order valence-corrected chi connectivity index (χ3v) is 2.97. The van der Waals surface area contributed by atoms with Gasteiger partial charge in [-0.25, -0.2) is 4.98 Å². The Kier molecular flexibility index (Phi) is 3.78. The topological polar surface area (TPSA) is 58.4 Å². The highest BCUT2D eigenvalue weighted by atomic mass is 16.3. The van der Waals surface area contributed by atoms with Crippen molar-refractivity contribution in [1.29, 1.82) is 0 Å². The number of amides is 1. The van der Waals surface area contributed by atoms with Crippen LogP contribution in [0.25, 0.3) is 0 Å². The molecule has 0 radical (unpaired) electrons. The highest BCUT2D eigenvalue weighted by molar-refractivity contribution is 5.73. The molecule has 1 amide bonds. The van der Waals surface area contributed by atoms with Gasteiger partial charge in [0, 0.05) is 33.0 Å². The summed E-state index contributed by atoms with van der Waals surface area (Å²) in [4.78, 5) is 17.6. The summed E-state index contributed by atoms with van der Waals surface area (Å²) in [6, 6.07) is 0.272. The van der Waals surface area contributed by atoms with Crippen LogP contribution in [0.1, 0.15) is 31.4 Å². The number of nitrogens with zero attached hydrogens (tertiary/aromatic N) is 2. The molecule has 1 unspecified atom stereocenters. The fourth-order valence-corrected chi connectivity index (χ4v) is 2.31. The lowest BCUT2D eigenvalue weighted by Crippen LogP contribution is -2.46. The summed E-state index contributed by atoms with van der Waals surface area (Å²) in [6.45, 7) is 6.17. The Morgan fingerprint density at radius 2 is 2.53 bits per heavy atom. The van der Waals surface area contributed by atoms with Crippen molar-refractivity contribution in [2.75, 3.05) is 13.1 Å². The molecule has 17 heavy (non-hydrogen) atoms. The Hall–Kier alpha value is -1.36. The number of piperidine rings is 1. The van der Waals surface area contributed by atoms with Gasteiger partial charge in [0.05, 0.1) is 5.69 Å². The molecule has 1 aliphatic heterocycles. The Labute approximate surface area is 101 Å². The zero-order valence-electron chi connectivity index (χ0n) is 10.4. The summed E-state index contributed by atoms with van der Waals surface area (Å²) in [5, 5.41) is 2.98. The molecule has 1 fully saturated rings. The molecule has 5 heteroatoms. The number of hydrogen-bond acceptors (Lipinski definition) is 4. The molecule has 0 saturated carbocycles. The molecular weight excluding hydrogens is 218 g/mol. The van der Waals surface area contributed by atoms with E-state index in [4.69, 9.17) is 4.42 Å². The number of carbonyl (C=O) groups excluding carboxylic acids is 1. The molecule has 5 nitrogen and oxygen atoms in total. The molecule has 94 valence electrons. The smallest absolute Gasteiger partial charge is 0.217 e. The fraction of sp³-hybridized carbons (Fsp3) is 0.667. The first kappa shape index (κ1) is 12.1. The lowest BCUT2D eigenvalue weighted by Gasteiger charge is -2.32. The van der Waals surface area contributed by atoms with Gasteiger partial charge in [0.15, 0.2) is 5.89 Å². The van der Waals surface area contributed by atoms with Crippen LogP contribution in [0.3, 0.4) is 0 Å². The molecule has 1 N–H and O–H groups in total. The van der Waals surface area contributed by atoms with Crippen LogP contribution in [0, 0.1) is 6.92 Å². The summed E-state index contributed by atoms with van der Waals surface area (Å²) in [7, 11) is 0. The molecule has 0 bridgehead atoms. The minimum Gasteiger partial charge on any atom is -0.449 e. The summed E-state index contributed by atoms with van der Waals surface area (Å²) in [6.07, 6.45) is 3.88. The quantitative estimate of drug-likeness (QED) is 0.854. The summed E-state index contributed by atoms with van der Waals surface area (Å²) < 4.78 is 5.19. The zero-order chi connectivity index (χ0) is 12.3. The molecule has 1 aromatic heterocycles. The molecule has 0 aromatic carbocycles. The summed E-state index contributed by atoms with van der Waals surface area (Å²) >= 11 is 0. The van der Waals surface area contributed by atoms with Crippen molar-refractivity contribution in [1.82, 2.24) is 15.2 Å². The predicted octanol–water partition coefficient (Wildman–Crippen LogP) is 1.08. The van der Waals surface area contributed by atoms with Gasteiger partial charge >= 0.3 is 0 Å². The van der Waals surface area contributed by atoms with Crippen LogP contribution >= 0.6 is 0 Å². The van der Waals surface area contributed by atoms with Crippen molar-refractivity contribution in [3.63, 3.8) is 0 Å². The maximum atomic E-state index is 11.0. The normalized spacial score (nSPS) is 21.4. The zero-order valence-corrected chi connectivity index (χ0v) is 10.4. The lowest BCUT2D eigenvalue weighted by molar-refractivity contribution is -0.120. The van der Waals surface area contributed by atoms with Gasteiger partial charge in [-0.3, -0.25) is 9.69 Å². The van der Waals surface area contributed by atoms with Crippen molar-refractivity contribution >= 4 is 5.91 Å². The first-order valence-electron chi connectivity index (χ1n) is 6.04. The van der Waals surface area contributed by atoms with Crippen LogP contribution in [0.5, 0.6) is 0 Å². The van der Waals surface area contributed by atoms with Gasteiger partial charge in [0.2, 0.25) is 5.91 Å². The van der Waals surface area contributed by atoms with Crippen LogP contribution in [0.2, 0.25) is 0 Å². The number of hydrogen-bond donors (Lipinski definition) is 1. The average molecular weight is 237 g/mol. The van der Waals surface area contributed by atoms with Crippen molar-refractivity contribution in [2.24, 2.45) is 0 Å². The Morgan fingerprint density at radius 3 is 3.18 bits per heavy atom. The van der Waals surface area contributed by atoms with Gasteiger partial charge in [0.1, 0.15) is 6.26 Å². The standard InChI is InChI=1S/C12H19N3O2/c1-9(16)13-11-4-3-5-15(6-11)7-12-8-17-10(2)14-12/h8,11H,3-7H2,1-2H3,(H,13,16). The third-order valence-electron chi connectivity index (χ3n) is 2.97. The fourth-order valence-electron chi connectivity index (χ4n) is 2.31. The first-order valence-corrected chi connectivity index (χ1v) is 6.04. The van der Waals surface area contributed by atoms with Crippen molar-refractivity contribution in [2.45, 2.75) is 39.3 Å². The second-order valence-corrected chi connectivity index (χ2v) is 4.63. The molecule has 2 heterocycles. The van der Waals surface area contributed by atoms with Crippen LogP contribution in [0.4, 0.5) is 0 Å². The van der Waals surface area contributed by atoms with Gasteiger partial charge in [-0.15, -0.1) is 0 Å². The van der Waals surface area contributed by atoms with Crippen LogP contribution in [0.15, 0.2) is 10.7 Å². The van der Waals surface area contributed by atoms with Crippen LogP contribution < -0.4 is 5.32 Å². The van der Waals surface area contributed by atoms with Crippen molar-refractivity contribution in [3.8, 4) is 0 Å². The Bertz CT molecular complexity index is 389. The molecular formula is C12H19N3O2. The number of carbonyl (C=O) groups is 1. The van der Waals surface area contributed by atoms with Gasteiger partial charge in [-0.05, 0) is 19.4 Å².